The molecule has 9 nitrogen and oxygen atoms in total. The molecule has 9 heteroatoms. The van der Waals surface area contributed by atoms with Crippen molar-refractivity contribution in [1.29, 1.82) is 0 Å². The first-order valence-corrected chi connectivity index (χ1v) is 12.4. The van der Waals surface area contributed by atoms with Crippen LogP contribution in [0.3, 0.4) is 0 Å². The van der Waals surface area contributed by atoms with Crippen molar-refractivity contribution in [1.82, 2.24) is 14.8 Å². The van der Waals surface area contributed by atoms with E-state index in [0.29, 0.717) is 23.5 Å². The monoisotopic (exact) mass is 508 g/mol. The highest BCUT2D eigenvalue weighted by Gasteiger charge is 2.34. The molecule has 1 aromatic carbocycles. The third-order valence-electron chi connectivity index (χ3n) is 6.18. The highest BCUT2D eigenvalue weighted by Crippen LogP contribution is 2.28. The average molecular weight is 509 g/mol. The maximum Gasteiger partial charge on any atom is 0.321 e. The summed E-state index contributed by atoms with van der Waals surface area (Å²) in [4.78, 5) is 34.1. The van der Waals surface area contributed by atoms with Crippen LogP contribution in [0.2, 0.25) is 0 Å². The number of likely N-dealkylation sites (N-methyl/N-ethyl adjacent to an activating group) is 1. The molecule has 2 aromatic rings. The van der Waals surface area contributed by atoms with Crippen LogP contribution in [0, 0.1) is 23.7 Å². The smallest absolute Gasteiger partial charge is 0.321 e. The Morgan fingerprint density at radius 3 is 2.76 bits per heavy atom. The van der Waals surface area contributed by atoms with E-state index in [9.17, 15) is 14.7 Å². The number of urea groups is 1. The lowest BCUT2D eigenvalue weighted by Crippen LogP contribution is -2.50. The number of aromatic nitrogens is 1. The van der Waals surface area contributed by atoms with Crippen molar-refractivity contribution < 1.29 is 24.2 Å². The maximum atomic E-state index is 13.5. The minimum absolute atomic E-state index is 0.158. The summed E-state index contributed by atoms with van der Waals surface area (Å²) in [6, 6.07) is 8.12. The first-order chi connectivity index (χ1) is 17.6. The van der Waals surface area contributed by atoms with Gasteiger partial charge in [-0.05, 0) is 25.1 Å². The molecule has 3 amide bonds. The lowest BCUT2D eigenvalue weighted by molar-refractivity contribution is 0.0356. The molecule has 2 N–H and O–H groups in total. The number of carbonyl (C=O) groups is 2. The minimum atomic E-state index is -0.464. The first-order valence-electron chi connectivity index (χ1n) is 12.4. The number of methoxy groups -OCH3 is 1. The molecule has 1 aromatic heterocycles. The van der Waals surface area contributed by atoms with Crippen molar-refractivity contribution >= 4 is 17.6 Å². The molecule has 0 fully saturated rings. The van der Waals surface area contributed by atoms with Gasteiger partial charge in [0.2, 0.25) is 5.88 Å². The average Bonchev–Trinajstić information content (AvgIpc) is 2.89. The summed E-state index contributed by atoms with van der Waals surface area (Å²) in [5, 5.41) is 12.7. The number of fused-ring (bicyclic) bond motifs is 1. The fourth-order valence-corrected chi connectivity index (χ4v) is 3.93. The summed E-state index contributed by atoms with van der Waals surface area (Å²) in [5.74, 6) is 6.61. The van der Waals surface area contributed by atoms with Crippen LogP contribution < -0.4 is 14.8 Å². The molecule has 0 radical (unpaired) electrons. The first kappa shape index (κ1) is 27.8. The highest BCUT2D eigenvalue weighted by molar-refractivity contribution is 5.97. The molecular weight excluding hydrogens is 472 g/mol. The molecule has 3 atom stereocenters. The van der Waals surface area contributed by atoms with E-state index in [1.165, 1.54) is 4.90 Å². The van der Waals surface area contributed by atoms with Crippen molar-refractivity contribution in [3.05, 3.63) is 47.7 Å². The Balaban J connectivity index is 1.89. The number of nitrogens with one attached hydrogen (secondary N) is 1. The van der Waals surface area contributed by atoms with Gasteiger partial charge in [-0.15, -0.1) is 0 Å². The minimum Gasteiger partial charge on any atom is -0.495 e. The highest BCUT2D eigenvalue weighted by atomic mass is 16.5. The van der Waals surface area contributed by atoms with Crippen LogP contribution in [0.1, 0.15) is 43.6 Å². The topological polar surface area (TPSA) is 104 Å². The van der Waals surface area contributed by atoms with Crippen molar-refractivity contribution in [3.8, 4) is 23.5 Å². The van der Waals surface area contributed by atoms with Gasteiger partial charge in [0, 0.05) is 37.2 Å². The second kappa shape index (κ2) is 12.5. The van der Waals surface area contributed by atoms with Gasteiger partial charge in [-0.25, -0.2) is 9.78 Å². The van der Waals surface area contributed by atoms with Crippen LogP contribution in [-0.2, 0) is 0 Å². The molecule has 0 saturated heterocycles. The fraction of sp³-hybridized carbons (Fsp3) is 0.464. The molecule has 0 aliphatic carbocycles. The molecule has 0 unspecified atom stereocenters. The molecule has 1 aliphatic rings. The number of hydrogen-bond acceptors (Lipinski definition) is 6. The number of pyridine rings is 1. The molecule has 198 valence electrons. The number of rotatable bonds is 6. The van der Waals surface area contributed by atoms with Gasteiger partial charge in [-0.3, -0.25) is 4.79 Å². The number of aliphatic hydroxyl groups excluding tert-OH is 1. The van der Waals surface area contributed by atoms with Gasteiger partial charge in [-0.2, -0.15) is 0 Å². The zero-order valence-electron chi connectivity index (χ0n) is 22.3. The number of ether oxygens (including phenoxy) is 2. The van der Waals surface area contributed by atoms with Crippen LogP contribution in [-0.4, -0.2) is 77.8 Å². The Kier molecular flexibility index (Phi) is 9.36. The van der Waals surface area contributed by atoms with Crippen LogP contribution in [0.15, 0.2) is 36.5 Å². The van der Waals surface area contributed by atoms with Crippen molar-refractivity contribution in [2.24, 2.45) is 11.8 Å². The van der Waals surface area contributed by atoms with Gasteiger partial charge in [0.15, 0.2) is 0 Å². The molecule has 1 aliphatic heterocycles. The Hall–Kier alpha value is -3.77. The number of amides is 3. The largest absolute Gasteiger partial charge is 0.495 e. The van der Waals surface area contributed by atoms with Gasteiger partial charge in [0.25, 0.3) is 5.91 Å². The van der Waals surface area contributed by atoms with E-state index >= 15 is 0 Å². The van der Waals surface area contributed by atoms with E-state index in [-0.39, 0.29) is 48.4 Å². The Morgan fingerprint density at radius 1 is 1.35 bits per heavy atom. The van der Waals surface area contributed by atoms with E-state index in [4.69, 9.17) is 9.47 Å². The van der Waals surface area contributed by atoms with E-state index in [1.54, 1.807) is 50.4 Å². The Bertz CT molecular complexity index is 1170. The normalized spacial score (nSPS) is 17.9. The van der Waals surface area contributed by atoms with Crippen LogP contribution >= 0.6 is 0 Å². The van der Waals surface area contributed by atoms with Gasteiger partial charge >= 0.3 is 6.03 Å². The number of aliphatic hydroxyl groups is 1. The molecule has 3 rings (SSSR count). The summed E-state index contributed by atoms with van der Waals surface area (Å²) in [6.07, 6.45) is 1.12. The summed E-state index contributed by atoms with van der Waals surface area (Å²) in [6.45, 7) is 8.13. The second-order valence-electron chi connectivity index (χ2n) is 9.63. The zero-order valence-corrected chi connectivity index (χ0v) is 22.3. The van der Waals surface area contributed by atoms with Crippen molar-refractivity contribution in [2.45, 2.75) is 39.8 Å². The fourth-order valence-electron chi connectivity index (χ4n) is 3.93. The quantitative estimate of drug-likeness (QED) is 0.579. The van der Waals surface area contributed by atoms with Crippen molar-refractivity contribution in [2.75, 3.05) is 39.2 Å². The molecule has 0 spiro atoms. The molecular formula is C28H36N4O5. The summed E-state index contributed by atoms with van der Waals surface area (Å²) in [5.41, 5.74) is 1.46. The van der Waals surface area contributed by atoms with Gasteiger partial charge in [0.1, 0.15) is 17.4 Å². The van der Waals surface area contributed by atoms with Crippen LogP contribution in [0.4, 0.5) is 10.5 Å². The number of nitrogens with zero attached hydrogens (tertiary/aromatic N) is 3. The number of carbonyl (C=O) groups excluding carboxylic acids is 2. The van der Waals surface area contributed by atoms with Gasteiger partial charge in [-0.1, -0.05) is 44.7 Å². The summed E-state index contributed by atoms with van der Waals surface area (Å²) < 4.78 is 11.6. The molecule has 37 heavy (non-hydrogen) atoms. The molecule has 0 saturated carbocycles. The zero-order chi connectivity index (χ0) is 27.1. The molecule has 2 heterocycles. The summed E-state index contributed by atoms with van der Waals surface area (Å²) >= 11 is 0. The predicted octanol–water partition coefficient (Wildman–Crippen LogP) is 3.48. The predicted molar refractivity (Wildman–Crippen MR) is 142 cm³/mol. The SMILES string of the molecule is COc1ccccc1NC(=O)N(C)C[C@H]1Oc2ncc(C#CC(C)C)cc2C(=O)N([C@H](C)CO)C[C@H]1C. The third kappa shape index (κ3) is 6.92. The number of hydrogen-bond donors (Lipinski definition) is 2. The number of para-hydroxylation sites is 2. The van der Waals surface area contributed by atoms with Gasteiger partial charge < -0.3 is 29.7 Å². The maximum absolute atomic E-state index is 13.5. The number of benzene rings is 1. The lowest BCUT2D eigenvalue weighted by Gasteiger charge is -2.37. The van der Waals surface area contributed by atoms with Crippen LogP contribution in [0.5, 0.6) is 11.6 Å². The van der Waals surface area contributed by atoms with E-state index in [2.05, 4.69) is 22.1 Å². The third-order valence-corrected chi connectivity index (χ3v) is 6.18. The van der Waals surface area contributed by atoms with E-state index in [0.717, 1.165) is 0 Å². The van der Waals surface area contributed by atoms with Crippen LogP contribution in [0.25, 0.3) is 0 Å². The second-order valence-corrected chi connectivity index (χ2v) is 9.63. The summed E-state index contributed by atoms with van der Waals surface area (Å²) in [7, 11) is 3.22. The van der Waals surface area contributed by atoms with E-state index in [1.807, 2.05) is 32.9 Å². The van der Waals surface area contributed by atoms with Crippen molar-refractivity contribution in [3.63, 3.8) is 0 Å². The Labute approximate surface area is 218 Å². The van der Waals surface area contributed by atoms with Gasteiger partial charge in [0.05, 0.1) is 32.0 Å². The standard InChI is InChI=1S/C28H36N4O5/c1-18(2)11-12-21-13-22-26(29-14-21)37-25(19(3)15-32(27(22)34)20(4)17-33)16-31(5)28(35)30-23-9-7-8-10-24(23)36-6/h7-10,13-14,18-20,25,33H,15-17H2,1-6H3,(H,30,35)/t19-,20-,25-/m1/s1. The molecule has 0 bridgehead atoms. The van der Waals surface area contributed by atoms with E-state index < -0.39 is 12.1 Å². The lowest BCUT2D eigenvalue weighted by atomic mass is 10.00. The Morgan fingerprint density at radius 2 is 2.08 bits per heavy atom. The number of anilines is 1.